The number of nitrogens with one attached hydrogen (secondary N) is 1. The Kier molecular flexibility index (Phi) is 4.69. The number of nitro groups is 1. The van der Waals surface area contributed by atoms with Gasteiger partial charge in [0.15, 0.2) is 5.13 Å². The van der Waals surface area contributed by atoms with Gasteiger partial charge in [-0.1, -0.05) is 17.7 Å². The van der Waals surface area contributed by atoms with Crippen LogP contribution >= 0.6 is 22.9 Å². The van der Waals surface area contributed by atoms with Gasteiger partial charge < -0.3 is 10.2 Å². The van der Waals surface area contributed by atoms with E-state index in [9.17, 15) is 19.7 Å². The number of thiazole rings is 1. The molecule has 0 aliphatic carbocycles. The van der Waals surface area contributed by atoms with Crippen molar-refractivity contribution in [1.29, 1.82) is 0 Å². The largest absolute Gasteiger partial charge is 0.345 e. The second kappa shape index (κ2) is 6.77. The number of benzene rings is 1. The maximum Gasteiger partial charge on any atom is 0.345 e. The van der Waals surface area contributed by atoms with Gasteiger partial charge in [0, 0.05) is 23.7 Å². The molecule has 10 heteroatoms. The topological polar surface area (TPSA) is 105 Å². The Morgan fingerprint density at radius 3 is 2.92 bits per heavy atom. The van der Waals surface area contributed by atoms with E-state index in [-0.39, 0.29) is 29.0 Å². The Balaban J connectivity index is 1.69. The molecule has 1 saturated heterocycles. The second-order valence-electron chi connectivity index (χ2n) is 5.59. The van der Waals surface area contributed by atoms with Crippen molar-refractivity contribution in [2.75, 3.05) is 16.8 Å². The van der Waals surface area contributed by atoms with Crippen molar-refractivity contribution in [3.63, 3.8) is 0 Å². The minimum Gasteiger partial charge on any atom is -0.312 e. The van der Waals surface area contributed by atoms with E-state index in [1.54, 1.807) is 12.1 Å². The monoisotopic (exact) mass is 380 g/mol. The van der Waals surface area contributed by atoms with Crippen molar-refractivity contribution >= 4 is 50.6 Å². The first-order valence-corrected chi connectivity index (χ1v) is 8.52. The van der Waals surface area contributed by atoms with E-state index in [0.29, 0.717) is 10.7 Å². The SMILES string of the molecule is Cc1ccc(N2C[C@H](C(=O)Nc3ncc([N+](=O)[O-])s3)CC2=O)cc1Cl. The van der Waals surface area contributed by atoms with Crippen molar-refractivity contribution in [3.05, 3.63) is 45.1 Å². The Hall–Kier alpha value is -2.52. The van der Waals surface area contributed by atoms with E-state index in [1.165, 1.54) is 4.90 Å². The molecular formula is C15H13ClN4O4S. The van der Waals surface area contributed by atoms with Gasteiger partial charge in [0.05, 0.1) is 10.8 Å². The van der Waals surface area contributed by atoms with Crippen LogP contribution in [-0.4, -0.2) is 28.3 Å². The number of aryl methyl sites for hydroxylation is 1. The molecule has 1 aromatic heterocycles. The number of carbonyl (C=O) groups excluding carboxylic acids is 2. The van der Waals surface area contributed by atoms with Crippen molar-refractivity contribution in [3.8, 4) is 0 Å². The zero-order valence-corrected chi connectivity index (χ0v) is 14.6. The number of anilines is 2. The van der Waals surface area contributed by atoms with Crippen molar-refractivity contribution in [2.24, 2.45) is 5.92 Å². The standard InChI is InChI=1S/C15H13ClN4O4S/c1-8-2-3-10(5-11(8)16)19-7-9(4-12(19)21)14(22)18-15-17-6-13(25-15)20(23)24/h2-3,5-6,9H,4,7H2,1H3,(H,17,18,22)/t9-/m1/s1. The predicted octanol–water partition coefficient (Wildman–Crippen LogP) is 3.00. The minimum absolute atomic E-state index is 0.0603. The van der Waals surface area contributed by atoms with E-state index in [4.69, 9.17) is 11.6 Å². The molecule has 1 aromatic carbocycles. The molecule has 0 spiro atoms. The van der Waals surface area contributed by atoms with E-state index in [0.717, 1.165) is 23.1 Å². The Labute approximate surface area is 151 Å². The van der Waals surface area contributed by atoms with Gasteiger partial charge in [0.2, 0.25) is 11.8 Å². The molecule has 3 rings (SSSR count). The van der Waals surface area contributed by atoms with Gasteiger partial charge in [-0.2, -0.15) is 0 Å². The first kappa shape index (κ1) is 17.3. The highest BCUT2D eigenvalue weighted by molar-refractivity contribution is 7.18. The number of carbonyl (C=O) groups is 2. The highest BCUT2D eigenvalue weighted by Gasteiger charge is 2.35. The Bertz CT molecular complexity index is 869. The lowest BCUT2D eigenvalue weighted by Gasteiger charge is -2.17. The fourth-order valence-corrected chi connectivity index (χ4v) is 3.31. The van der Waals surface area contributed by atoms with E-state index in [1.807, 2.05) is 13.0 Å². The lowest BCUT2D eigenvalue weighted by molar-refractivity contribution is -0.380. The molecule has 8 nitrogen and oxygen atoms in total. The van der Waals surface area contributed by atoms with Crippen LogP contribution in [0.2, 0.25) is 5.02 Å². The lowest BCUT2D eigenvalue weighted by atomic mass is 10.1. The normalized spacial score (nSPS) is 17.0. The molecule has 0 bridgehead atoms. The van der Waals surface area contributed by atoms with Gasteiger partial charge in [-0.25, -0.2) is 4.98 Å². The smallest absolute Gasteiger partial charge is 0.312 e. The van der Waals surface area contributed by atoms with Gasteiger partial charge in [-0.05, 0) is 36.0 Å². The molecular weight excluding hydrogens is 368 g/mol. The average Bonchev–Trinajstić information content (AvgIpc) is 3.17. The van der Waals surface area contributed by atoms with Crippen molar-refractivity contribution in [1.82, 2.24) is 4.98 Å². The Morgan fingerprint density at radius 2 is 2.28 bits per heavy atom. The molecule has 2 heterocycles. The van der Waals surface area contributed by atoms with Crippen molar-refractivity contribution < 1.29 is 14.5 Å². The summed E-state index contributed by atoms with van der Waals surface area (Å²) in [5.74, 6) is -1.13. The van der Waals surface area contributed by atoms with Crippen LogP contribution < -0.4 is 10.2 Å². The van der Waals surface area contributed by atoms with Crippen LogP contribution in [0.5, 0.6) is 0 Å². The highest BCUT2D eigenvalue weighted by atomic mass is 35.5. The third-order valence-corrected chi connectivity index (χ3v) is 5.14. The van der Waals surface area contributed by atoms with E-state index in [2.05, 4.69) is 10.3 Å². The zero-order valence-electron chi connectivity index (χ0n) is 13.1. The quantitative estimate of drug-likeness (QED) is 0.648. The molecule has 2 aromatic rings. The number of hydrogen-bond donors (Lipinski definition) is 1. The third-order valence-electron chi connectivity index (χ3n) is 3.87. The molecule has 1 aliphatic rings. The first-order valence-electron chi connectivity index (χ1n) is 7.32. The summed E-state index contributed by atoms with van der Waals surface area (Å²) >= 11 is 6.87. The average molecular weight is 381 g/mol. The van der Waals surface area contributed by atoms with Gasteiger partial charge in [-0.3, -0.25) is 19.7 Å². The summed E-state index contributed by atoms with van der Waals surface area (Å²) in [5, 5.41) is 13.7. The summed E-state index contributed by atoms with van der Waals surface area (Å²) in [5.41, 5.74) is 1.54. The minimum atomic E-state index is -0.574. The third kappa shape index (κ3) is 3.62. The van der Waals surface area contributed by atoms with Crippen LogP contribution in [0.15, 0.2) is 24.4 Å². The van der Waals surface area contributed by atoms with Crippen LogP contribution in [0.4, 0.5) is 15.8 Å². The maximum absolute atomic E-state index is 12.3. The zero-order chi connectivity index (χ0) is 18.1. The van der Waals surface area contributed by atoms with Crippen LogP contribution in [-0.2, 0) is 9.59 Å². The fraction of sp³-hybridized carbons (Fsp3) is 0.267. The summed E-state index contributed by atoms with van der Waals surface area (Å²) < 4.78 is 0. The van der Waals surface area contributed by atoms with Gasteiger partial charge in [0.1, 0.15) is 6.20 Å². The molecule has 1 N–H and O–H groups in total. The maximum atomic E-state index is 12.3. The number of nitrogens with zero attached hydrogens (tertiary/aromatic N) is 3. The van der Waals surface area contributed by atoms with Crippen LogP contribution in [0.1, 0.15) is 12.0 Å². The second-order valence-corrected chi connectivity index (χ2v) is 7.01. The van der Waals surface area contributed by atoms with E-state index >= 15 is 0 Å². The predicted molar refractivity (Wildman–Crippen MR) is 94.0 cm³/mol. The lowest BCUT2D eigenvalue weighted by Crippen LogP contribution is -2.28. The van der Waals surface area contributed by atoms with E-state index < -0.39 is 16.7 Å². The van der Waals surface area contributed by atoms with Gasteiger partial charge >= 0.3 is 5.00 Å². The van der Waals surface area contributed by atoms with Crippen molar-refractivity contribution in [2.45, 2.75) is 13.3 Å². The molecule has 1 fully saturated rings. The molecule has 25 heavy (non-hydrogen) atoms. The molecule has 130 valence electrons. The molecule has 2 amide bonds. The first-order chi connectivity index (χ1) is 11.8. The Morgan fingerprint density at radius 1 is 1.52 bits per heavy atom. The number of hydrogen-bond acceptors (Lipinski definition) is 6. The molecule has 0 saturated carbocycles. The summed E-state index contributed by atoms with van der Waals surface area (Å²) in [6.07, 6.45) is 1.14. The van der Waals surface area contributed by atoms with Gasteiger partial charge in [-0.15, -0.1) is 0 Å². The molecule has 0 unspecified atom stereocenters. The van der Waals surface area contributed by atoms with Gasteiger partial charge in [0.25, 0.3) is 0 Å². The molecule has 0 radical (unpaired) electrons. The summed E-state index contributed by atoms with van der Waals surface area (Å²) in [6.45, 7) is 2.08. The van der Waals surface area contributed by atoms with Crippen LogP contribution in [0.25, 0.3) is 0 Å². The van der Waals surface area contributed by atoms with Crippen LogP contribution in [0, 0.1) is 23.0 Å². The number of aromatic nitrogens is 1. The van der Waals surface area contributed by atoms with Crippen LogP contribution in [0.3, 0.4) is 0 Å². The number of amides is 2. The molecule has 1 atom stereocenters. The fourth-order valence-electron chi connectivity index (χ4n) is 2.50. The summed E-state index contributed by atoms with van der Waals surface area (Å²) in [4.78, 5) is 39.9. The molecule has 1 aliphatic heterocycles. The number of halogens is 1. The number of rotatable bonds is 4. The summed E-state index contributed by atoms with van der Waals surface area (Å²) in [6, 6.07) is 5.29. The highest BCUT2D eigenvalue weighted by Crippen LogP contribution is 2.30. The summed E-state index contributed by atoms with van der Waals surface area (Å²) in [7, 11) is 0.